The number of unbranched alkanes of at least 4 members (excludes halogenated alkanes) is 3. The summed E-state index contributed by atoms with van der Waals surface area (Å²) in [7, 11) is 4.13. The maximum atomic E-state index is 10.8. The summed E-state index contributed by atoms with van der Waals surface area (Å²) in [5.74, 6) is -0.342. The molecule has 0 bridgehead atoms. The summed E-state index contributed by atoms with van der Waals surface area (Å²) in [5, 5.41) is 13.3. The lowest BCUT2D eigenvalue weighted by Gasteiger charge is -2.08. The molecule has 0 heterocycles. The molecular weight excluding hydrogens is 194 g/mol. The van der Waals surface area contributed by atoms with Gasteiger partial charge in [-0.3, -0.25) is 4.79 Å². The summed E-state index contributed by atoms with van der Waals surface area (Å²) >= 11 is 0. The molecule has 0 aliphatic carbocycles. The van der Waals surface area contributed by atoms with E-state index in [-0.39, 0.29) is 5.91 Å². The van der Waals surface area contributed by atoms with Gasteiger partial charge in [0, 0.05) is 6.54 Å². The molecule has 0 rings (SSSR count). The smallest absolute Gasteiger partial charge is 0.265 e. The van der Waals surface area contributed by atoms with Gasteiger partial charge >= 0.3 is 0 Å². The molecule has 0 atom stereocenters. The fraction of sp³-hybridized carbons (Fsp3) is 0.800. The molecule has 15 heavy (non-hydrogen) atoms. The second kappa shape index (κ2) is 9.45. The molecule has 88 valence electrons. The number of nitrogens with one attached hydrogen (secondary N) is 1. The first-order chi connectivity index (χ1) is 7.16. The van der Waals surface area contributed by atoms with Crippen molar-refractivity contribution in [3.63, 3.8) is 0 Å². The number of hydrogen-bond donors (Lipinski definition) is 2. The highest BCUT2D eigenvalue weighted by molar-refractivity contribution is 6.25. The quantitative estimate of drug-likeness (QED) is 0.271. The fourth-order valence-corrected chi connectivity index (χ4v) is 1.22. The van der Waals surface area contributed by atoms with E-state index in [1.54, 1.807) is 0 Å². The highest BCUT2D eigenvalue weighted by Gasteiger charge is 1.95. The van der Waals surface area contributed by atoms with Crippen molar-refractivity contribution in [3.05, 3.63) is 0 Å². The van der Waals surface area contributed by atoms with Crippen LogP contribution in [-0.4, -0.2) is 49.4 Å². The number of nitrogens with zero attached hydrogens (tertiary/aromatic N) is 2. The molecule has 0 unspecified atom stereocenters. The third-order valence-corrected chi connectivity index (χ3v) is 2.01. The van der Waals surface area contributed by atoms with E-state index in [1.165, 1.54) is 12.8 Å². The molecule has 0 aliphatic heterocycles. The first-order valence-electron chi connectivity index (χ1n) is 5.27. The summed E-state index contributed by atoms with van der Waals surface area (Å²) < 4.78 is 0. The van der Waals surface area contributed by atoms with Crippen molar-refractivity contribution in [3.8, 4) is 0 Å². The maximum Gasteiger partial charge on any atom is 0.265 e. The van der Waals surface area contributed by atoms with Gasteiger partial charge < -0.3 is 15.4 Å². The predicted octanol–water partition coefficient (Wildman–Crippen LogP) is 0.685. The maximum absolute atomic E-state index is 10.8. The third kappa shape index (κ3) is 10.8. The minimum absolute atomic E-state index is 0.342. The Bertz CT molecular complexity index is 193. The van der Waals surface area contributed by atoms with Gasteiger partial charge in [-0.2, -0.15) is 0 Å². The summed E-state index contributed by atoms with van der Waals surface area (Å²) in [5.41, 5.74) is 0. The van der Waals surface area contributed by atoms with E-state index in [0.29, 0.717) is 6.54 Å². The minimum Gasteiger partial charge on any atom is -0.411 e. The average Bonchev–Trinajstić information content (AvgIpc) is 2.16. The first kappa shape index (κ1) is 13.9. The van der Waals surface area contributed by atoms with Crippen LogP contribution < -0.4 is 5.32 Å². The Morgan fingerprint density at radius 3 is 2.60 bits per heavy atom. The average molecular weight is 215 g/mol. The molecule has 1 amide bonds. The lowest BCUT2D eigenvalue weighted by molar-refractivity contribution is -0.114. The fourth-order valence-electron chi connectivity index (χ4n) is 1.22. The molecule has 5 nitrogen and oxygen atoms in total. The molecule has 0 radical (unpaired) electrons. The van der Waals surface area contributed by atoms with Gasteiger partial charge in [0.05, 0.1) is 0 Å². The zero-order chi connectivity index (χ0) is 11.5. The molecule has 0 fully saturated rings. The van der Waals surface area contributed by atoms with Crippen molar-refractivity contribution < 1.29 is 10.0 Å². The standard InChI is InChI=1S/C10H21N3O2/c1-13(2)8-6-4-3-5-7-11-10(14)9-12-15/h9,15H,3-8H2,1-2H3,(H,11,14)/b12-9-. The van der Waals surface area contributed by atoms with Crippen molar-refractivity contribution in [2.24, 2.45) is 5.16 Å². The Morgan fingerprint density at radius 2 is 2.00 bits per heavy atom. The van der Waals surface area contributed by atoms with Gasteiger partial charge in [-0.05, 0) is 33.5 Å². The van der Waals surface area contributed by atoms with Crippen molar-refractivity contribution in [1.29, 1.82) is 0 Å². The van der Waals surface area contributed by atoms with Gasteiger partial charge in [-0.1, -0.05) is 18.0 Å². The van der Waals surface area contributed by atoms with Crippen LogP contribution in [0.25, 0.3) is 0 Å². The SMILES string of the molecule is CN(C)CCCCCCNC(=O)/C=N\O. The lowest BCUT2D eigenvalue weighted by Crippen LogP contribution is -2.25. The van der Waals surface area contributed by atoms with E-state index < -0.39 is 0 Å². The number of hydrogen-bond acceptors (Lipinski definition) is 4. The van der Waals surface area contributed by atoms with Crippen molar-refractivity contribution in [1.82, 2.24) is 10.2 Å². The number of rotatable bonds is 8. The van der Waals surface area contributed by atoms with E-state index in [9.17, 15) is 4.79 Å². The number of carbonyl (C=O) groups excluding carboxylic acids is 1. The second-order valence-corrected chi connectivity index (χ2v) is 3.75. The third-order valence-electron chi connectivity index (χ3n) is 2.01. The molecule has 0 aromatic heterocycles. The van der Waals surface area contributed by atoms with Crippen LogP contribution in [0, 0.1) is 0 Å². The number of amides is 1. The lowest BCUT2D eigenvalue weighted by atomic mass is 10.2. The summed E-state index contributed by atoms with van der Waals surface area (Å²) in [6.07, 6.45) is 5.33. The van der Waals surface area contributed by atoms with E-state index in [4.69, 9.17) is 5.21 Å². The molecule has 2 N–H and O–H groups in total. The summed E-state index contributed by atoms with van der Waals surface area (Å²) in [6.45, 7) is 1.76. The van der Waals surface area contributed by atoms with Gasteiger partial charge in [0.2, 0.25) is 0 Å². The number of oxime groups is 1. The van der Waals surface area contributed by atoms with E-state index in [0.717, 1.165) is 25.6 Å². The van der Waals surface area contributed by atoms with Crippen LogP contribution in [0.5, 0.6) is 0 Å². The summed E-state index contributed by atoms with van der Waals surface area (Å²) in [4.78, 5) is 13.0. The van der Waals surface area contributed by atoms with Crippen LogP contribution in [0.4, 0.5) is 0 Å². The van der Waals surface area contributed by atoms with Crippen molar-refractivity contribution >= 4 is 12.1 Å². The molecule has 0 spiro atoms. The van der Waals surface area contributed by atoms with Crippen LogP contribution >= 0.6 is 0 Å². The molecule has 0 aromatic carbocycles. The zero-order valence-corrected chi connectivity index (χ0v) is 9.57. The van der Waals surface area contributed by atoms with Crippen LogP contribution in [0.1, 0.15) is 25.7 Å². The van der Waals surface area contributed by atoms with Gasteiger partial charge in [0.1, 0.15) is 6.21 Å². The Labute approximate surface area is 91.1 Å². The Balaban J connectivity index is 3.15. The van der Waals surface area contributed by atoms with Gasteiger partial charge in [0.25, 0.3) is 5.91 Å². The Hall–Kier alpha value is -1.10. The monoisotopic (exact) mass is 215 g/mol. The van der Waals surface area contributed by atoms with Crippen LogP contribution in [0.15, 0.2) is 5.16 Å². The van der Waals surface area contributed by atoms with E-state index >= 15 is 0 Å². The largest absolute Gasteiger partial charge is 0.411 e. The molecule has 0 saturated heterocycles. The normalized spacial score (nSPS) is 11.1. The van der Waals surface area contributed by atoms with Crippen molar-refractivity contribution in [2.45, 2.75) is 25.7 Å². The van der Waals surface area contributed by atoms with E-state index in [1.807, 2.05) is 0 Å². The first-order valence-corrected chi connectivity index (χ1v) is 5.27. The van der Waals surface area contributed by atoms with Crippen LogP contribution in [-0.2, 0) is 4.79 Å². The Kier molecular flexibility index (Phi) is 8.76. The van der Waals surface area contributed by atoms with Crippen LogP contribution in [0.3, 0.4) is 0 Å². The highest BCUT2D eigenvalue weighted by Crippen LogP contribution is 1.99. The van der Waals surface area contributed by atoms with Gasteiger partial charge in [-0.25, -0.2) is 0 Å². The van der Waals surface area contributed by atoms with Crippen molar-refractivity contribution in [2.75, 3.05) is 27.2 Å². The van der Waals surface area contributed by atoms with Gasteiger partial charge in [0.15, 0.2) is 0 Å². The molecule has 0 aromatic rings. The predicted molar refractivity (Wildman–Crippen MR) is 60.3 cm³/mol. The summed E-state index contributed by atoms with van der Waals surface area (Å²) in [6, 6.07) is 0. The van der Waals surface area contributed by atoms with Crippen LogP contribution in [0.2, 0.25) is 0 Å². The second-order valence-electron chi connectivity index (χ2n) is 3.75. The number of carbonyl (C=O) groups is 1. The minimum atomic E-state index is -0.342. The molecule has 0 saturated carbocycles. The Morgan fingerprint density at radius 1 is 1.33 bits per heavy atom. The molecule has 0 aliphatic rings. The zero-order valence-electron chi connectivity index (χ0n) is 9.57. The molecule has 5 heteroatoms. The van der Waals surface area contributed by atoms with E-state index in [2.05, 4.69) is 29.5 Å². The highest BCUT2D eigenvalue weighted by atomic mass is 16.4. The molecular formula is C10H21N3O2. The topological polar surface area (TPSA) is 64.9 Å². The van der Waals surface area contributed by atoms with Gasteiger partial charge in [-0.15, -0.1) is 0 Å².